The molecular formula is C32H34N2O4. The lowest BCUT2D eigenvalue weighted by atomic mass is 9.94. The van der Waals surface area contributed by atoms with E-state index in [1.165, 1.54) is 0 Å². The number of para-hydroxylation sites is 1. The van der Waals surface area contributed by atoms with Crippen molar-refractivity contribution in [2.75, 3.05) is 13.2 Å². The number of aliphatic hydroxyl groups excluding tert-OH is 1. The number of amides is 1. The predicted octanol–water partition coefficient (Wildman–Crippen LogP) is 5.60. The van der Waals surface area contributed by atoms with E-state index in [0.717, 1.165) is 28.9 Å². The number of rotatable bonds is 12. The number of primary amides is 1. The van der Waals surface area contributed by atoms with Crippen molar-refractivity contribution in [1.82, 2.24) is 5.32 Å². The second kappa shape index (κ2) is 12.4. The van der Waals surface area contributed by atoms with Crippen molar-refractivity contribution >= 4 is 5.91 Å². The topological polar surface area (TPSA) is 93.8 Å². The van der Waals surface area contributed by atoms with Crippen molar-refractivity contribution < 1.29 is 19.4 Å². The summed E-state index contributed by atoms with van der Waals surface area (Å²) in [6.45, 7) is 4.81. The molecule has 0 fully saturated rings. The highest BCUT2D eigenvalue weighted by Gasteiger charge is 2.20. The number of hydrogen-bond donors (Lipinski definition) is 3. The molecule has 0 radical (unpaired) electrons. The number of ether oxygens (including phenoxy) is 2. The number of nitrogens with one attached hydrogen (secondary N) is 1. The van der Waals surface area contributed by atoms with Gasteiger partial charge in [0.1, 0.15) is 30.0 Å². The van der Waals surface area contributed by atoms with Gasteiger partial charge in [-0.25, -0.2) is 0 Å². The van der Waals surface area contributed by atoms with Crippen molar-refractivity contribution in [3.8, 4) is 28.4 Å². The van der Waals surface area contributed by atoms with Crippen LogP contribution in [-0.4, -0.2) is 35.8 Å². The summed E-state index contributed by atoms with van der Waals surface area (Å²) in [4.78, 5) is 11.2. The van der Waals surface area contributed by atoms with Gasteiger partial charge in [0, 0.05) is 23.2 Å². The van der Waals surface area contributed by atoms with E-state index >= 15 is 0 Å². The fourth-order valence-electron chi connectivity index (χ4n) is 4.16. The fourth-order valence-corrected chi connectivity index (χ4v) is 4.16. The molecule has 0 aromatic heterocycles. The Bertz CT molecular complexity index is 1320. The van der Waals surface area contributed by atoms with Crippen LogP contribution >= 0.6 is 0 Å². The number of aliphatic hydroxyl groups is 1. The lowest BCUT2D eigenvalue weighted by Gasteiger charge is -2.28. The van der Waals surface area contributed by atoms with E-state index in [1.807, 2.05) is 78.9 Å². The Morgan fingerprint density at radius 1 is 0.868 bits per heavy atom. The number of benzene rings is 4. The summed E-state index contributed by atoms with van der Waals surface area (Å²) >= 11 is 0. The third kappa shape index (κ3) is 7.68. The molecule has 6 nitrogen and oxygen atoms in total. The normalized spacial score (nSPS) is 12.1. The second-order valence-corrected chi connectivity index (χ2v) is 9.90. The largest absolute Gasteiger partial charge is 0.490 e. The van der Waals surface area contributed by atoms with Gasteiger partial charge < -0.3 is 25.6 Å². The van der Waals surface area contributed by atoms with Crippen LogP contribution in [-0.2, 0) is 6.42 Å². The zero-order valence-electron chi connectivity index (χ0n) is 21.8. The Morgan fingerprint density at radius 3 is 2.13 bits per heavy atom. The molecule has 4 aromatic rings. The molecule has 6 heteroatoms. The molecule has 1 amide bonds. The average molecular weight is 511 g/mol. The maximum absolute atomic E-state index is 11.2. The van der Waals surface area contributed by atoms with Crippen LogP contribution in [0.5, 0.6) is 17.2 Å². The van der Waals surface area contributed by atoms with Crippen LogP contribution in [0.2, 0.25) is 0 Å². The minimum atomic E-state index is -0.658. The highest BCUT2D eigenvalue weighted by atomic mass is 16.5. The van der Waals surface area contributed by atoms with Gasteiger partial charge >= 0.3 is 0 Å². The Labute approximate surface area is 224 Å². The first-order chi connectivity index (χ1) is 18.3. The molecule has 0 saturated heterocycles. The van der Waals surface area contributed by atoms with E-state index < -0.39 is 12.0 Å². The van der Waals surface area contributed by atoms with E-state index in [1.54, 1.807) is 24.3 Å². The van der Waals surface area contributed by atoms with Crippen LogP contribution in [0.1, 0.15) is 29.8 Å². The molecule has 0 spiro atoms. The van der Waals surface area contributed by atoms with Gasteiger partial charge in [-0.1, -0.05) is 60.7 Å². The summed E-state index contributed by atoms with van der Waals surface area (Å²) in [6.07, 6.45) is 0.111. The minimum absolute atomic E-state index is 0.194. The molecule has 0 aliphatic carbocycles. The van der Waals surface area contributed by atoms with Crippen molar-refractivity contribution in [3.63, 3.8) is 0 Å². The molecule has 0 bridgehead atoms. The van der Waals surface area contributed by atoms with Crippen molar-refractivity contribution in [2.45, 2.75) is 31.9 Å². The van der Waals surface area contributed by atoms with Gasteiger partial charge in [0.15, 0.2) is 0 Å². The highest BCUT2D eigenvalue weighted by Crippen LogP contribution is 2.29. The quantitative estimate of drug-likeness (QED) is 0.231. The molecule has 38 heavy (non-hydrogen) atoms. The van der Waals surface area contributed by atoms with Crippen LogP contribution in [0.15, 0.2) is 103 Å². The third-order valence-electron chi connectivity index (χ3n) is 6.16. The standard InChI is InChI=1S/C32H34N2O4/c1-32(2,20-23-12-16-27(17-13-23)38-28-18-14-25(15-19-28)31(33)36)34-21-26(35)22-37-30-11-7-6-10-29(30)24-8-4-3-5-9-24/h3-19,26,34-35H,20-22H2,1-2H3,(H2,33,36)/t26-/m0/s1. The monoisotopic (exact) mass is 510 g/mol. The molecular weight excluding hydrogens is 476 g/mol. The average Bonchev–Trinajstić information content (AvgIpc) is 2.93. The van der Waals surface area contributed by atoms with Gasteiger partial charge in [0.25, 0.3) is 0 Å². The van der Waals surface area contributed by atoms with E-state index in [4.69, 9.17) is 15.2 Å². The fraction of sp³-hybridized carbons (Fsp3) is 0.219. The first-order valence-corrected chi connectivity index (χ1v) is 12.7. The number of β-amino-alcohol motifs (C(OH)–C–C–N with tert-alkyl or cyclic N) is 1. The highest BCUT2D eigenvalue weighted by molar-refractivity contribution is 5.92. The summed E-state index contributed by atoms with van der Waals surface area (Å²) in [6, 6.07) is 32.5. The van der Waals surface area contributed by atoms with Gasteiger partial charge in [-0.05, 0) is 73.9 Å². The summed E-state index contributed by atoms with van der Waals surface area (Å²) in [5.41, 5.74) is 8.70. The second-order valence-electron chi connectivity index (χ2n) is 9.90. The summed E-state index contributed by atoms with van der Waals surface area (Å²) < 4.78 is 11.9. The lowest BCUT2D eigenvalue weighted by Crippen LogP contribution is -2.46. The minimum Gasteiger partial charge on any atom is -0.490 e. The molecule has 196 valence electrons. The van der Waals surface area contributed by atoms with Gasteiger partial charge in [0.2, 0.25) is 5.91 Å². The van der Waals surface area contributed by atoms with Gasteiger partial charge in [-0.15, -0.1) is 0 Å². The Morgan fingerprint density at radius 2 is 1.47 bits per heavy atom. The van der Waals surface area contributed by atoms with Crippen LogP contribution < -0.4 is 20.5 Å². The first kappa shape index (κ1) is 26.9. The summed E-state index contributed by atoms with van der Waals surface area (Å²) in [7, 11) is 0. The lowest BCUT2D eigenvalue weighted by molar-refractivity contribution is 0.0991. The summed E-state index contributed by atoms with van der Waals surface area (Å²) in [5, 5.41) is 14.1. The van der Waals surface area contributed by atoms with E-state index in [-0.39, 0.29) is 12.1 Å². The number of carbonyl (C=O) groups excluding carboxylic acids is 1. The molecule has 0 unspecified atom stereocenters. The van der Waals surface area contributed by atoms with Crippen molar-refractivity contribution in [1.29, 1.82) is 0 Å². The predicted molar refractivity (Wildman–Crippen MR) is 151 cm³/mol. The molecule has 0 saturated carbocycles. The van der Waals surface area contributed by atoms with Crippen LogP contribution in [0.3, 0.4) is 0 Å². The number of hydrogen-bond acceptors (Lipinski definition) is 5. The third-order valence-corrected chi connectivity index (χ3v) is 6.16. The van der Waals surface area contributed by atoms with Crippen molar-refractivity contribution in [3.05, 3.63) is 114 Å². The number of carbonyl (C=O) groups is 1. The molecule has 4 rings (SSSR count). The molecule has 1 atom stereocenters. The van der Waals surface area contributed by atoms with Crippen LogP contribution in [0.4, 0.5) is 0 Å². The zero-order chi connectivity index (χ0) is 27.0. The Balaban J connectivity index is 1.26. The van der Waals surface area contributed by atoms with E-state index in [2.05, 4.69) is 19.2 Å². The van der Waals surface area contributed by atoms with Gasteiger partial charge in [0.05, 0.1) is 0 Å². The van der Waals surface area contributed by atoms with Crippen LogP contribution in [0.25, 0.3) is 11.1 Å². The molecule has 0 aliphatic heterocycles. The number of nitrogens with two attached hydrogens (primary N) is 1. The van der Waals surface area contributed by atoms with Gasteiger partial charge in [-0.2, -0.15) is 0 Å². The maximum atomic E-state index is 11.2. The maximum Gasteiger partial charge on any atom is 0.248 e. The first-order valence-electron chi connectivity index (χ1n) is 12.7. The summed E-state index contributed by atoms with van der Waals surface area (Å²) in [5.74, 6) is 1.62. The SMILES string of the molecule is CC(C)(Cc1ccc(Oc2ccc(C(N)=O)cc2)cc1)NC[C@H](O)COc1ccccc1-c1ccccc1. The molecule has 0 aliphatic rings. The molecule has 4 N–H and O–H groups in total. The molecule has 0 heterocycles. The molecule has 4 aromatic carbocycles. The zero-order valence-corrected chi connectivity index (χ0v) is 21.8. The Hall–Kier alpha value is -4.13. The van der Waals surface area contributed by atoms with Crippen LogP contribution in [0, 0.1) is 0 Å². The van der Waals surface area contributed by atoms with E-state index in [9.17, 15) is 9.90 Å². The smallest absolute Gasteiger partial charge is 0.248 e. The van der Waals surface area contributed by atoms with Gasteiger partial charge in [-0.3, -0.25) is 4.79 Å². The van der Waals surface area contributed by atoms with E-state index in [0.29, 0.717) is 23.6 Å². The van der Waals surface area contributed by atoms with Crippen molar-refractivity contribution in [2.24, 2.45) is 5.73 Å². The Kier molecular flexibility index (Phi) is 8.79.